The molecule has 1 aliphatic carbocycles. The lowest BCUT2D eigenvalue weighted by atomic mass is 10.1. The van der Waals surface area contributed by atoms with E-state index < -0.39 is 5.97 Å². The average Bonchev–Trinajstić information content (AvgIpc) is 2.94. The summed E-state index contributed by atoms with van der Waals surface area (Å²) in [6.07, 6.45) is 5.94. The molecule has 0 amide bonds. The van der Waals surface area contributed by atoms with Gasteiger partial charge in [0.2, 0.25) is 0 Å². The van der Waals surface area contributed by atoms with Crippen molar-refractivity contribution in [1.29, 1.82) is 0 Å². The van der Waals surface area contributed by atoms with Crippen molar-refractivity contribution >= 4 is 17.3 Å². The Morgan fingerprint density at radius 1 is 1.38 bits per heavy atom. The van der Waals surface area contributed by atoms with Gasteiger partial charge in [-0.25, -0.2) is 4.79 Å². The molecule has 0 spiro atoms. The molecule has 21 heavy (non-hydrogen) atoms. The van der Waals surface area contributed by atoms with E-state index in [1.807, 2.05) is 6.07 Å². The fraction of sp³-hybridized carbons (Fsp3) is 0.588. The Kier molecular flexibility index (Phi) is 5.10. The van der Waals surface area contributed by atoms with Gasteiger partial charge in [0.25, 0.3) is 0 Å². The molecule has 1 aliphatic rings. The smallest absolute Gasteiger partial charge is 0.337 e. The standard InChI is InChI=1S/C17H26N2O2/c1-12(2)10-11-19(13-6-3-4-7-13)15-9-5-8-14(16(15)18)17(20)21/h5,8-9,12-13H,3-4,6-7,10-11,18H2,1-2H3,(H,20,21). The molecule has 0 atom stereocenters. The van der Waals surface area contributed by atoms with Crippen molar-refractivity contribution in [2.45, 2.75) is 52.0 Å². The first-order valence-electron chi connectivity index (χ1n) is 7.89. The number of para-hydroxylation sites is 1. The van der Waals surface area contributed by atoms with Gasteiger partial charge < -0.3 is 15.7 Å². The van der Waals surface area contributed by atoms with Crippen molar-refractivity contribution < 1.29 is 9.90 Å². The van der Waals surface area contributed by atoms with Crippen LogP contribution in [0.4, 0.5) is 11.4 Å². The number of benzene rings is 1. The van der Waals surface area contributed by atoms with Crippen LogP contribution >= 0.6 is 0 Å². The summed E-state index contributed by atoms with van der Waals surface area (Å²) < 4.78 is 0. The lowest BCUT2D eigenvalue weighted by molar-refractivity contribution is 0.0698. The summed E-state index contributed by atoms with van der Waals surface area (Å²) in [5, 5.41) is 9.26. The predicted molar refractivity (Wildman–Crippen MR) is 86.9 cm³/mol. The van der Waals surface area contributed by atoms with E-state index in [-0.39, 0.29) is 5.56 Å². The molecule has 3 N–H and O–H groups in total. The third-order valence-electron chi connectivity index (χ3n) is 4.34. The minimum atomic E-state index is -0.954. The summed E-state index contributed by atoms with van der Waals surface area (Å²) in [7, 11) is 0. The second-order valence-electron chi connectivity index (χ2n) is 6.36. The number of hydrogen-bond donors (Lipinski definition) is 2. The summed E-state index contributed by atoms with van der Waals surface area (Å²) in [5.41, 5.74) is 7.64. The molecule has 0 unspecified atom stereocenters. The van der Waals surface area contributed by atoms with Gasteiger partial charge in [0.05, 0.1) is 16.9 Å². The van der Waals surface area contributed by atoms with Crippen LogP contribution < -0.4 is 10.6 Å². The first kappa shape index (κ1) is 15.7. The van der Waals surface area contributed by atoms with Crippen molar-refractivity contribution in [2.75, 3.05) is 17.2 Å². The normalized spacial score (nSPS) is 15.6. The van der Waals surface area contributed by atoms with E-state index in [9.17, 15) is 9.90 Å². The number of rotatable bonds is 6. The van der Waals surface area contributed by atoms with Crippen LogP contribution in [0.3, 0.4) is 0 Å². The maximum atomic E-state index is 11.3. The lowest BCUT2D eigenvalue weighted by Gasteiger charge is -2.33. The van der Waals surface area contributed by atoms with E-state index in [4.69, 9.17) is 5.73 Å². The molecule has 1 aromatic rings. The molecule has 0 aromatic heterocycles. The summed E-state index contributed by atoms with van der Waals surface area (Å²) in [6.45, 7) is 5.36. The van der Waals surface area contributed by atoms with Gasteiger partial charge in [0, 0.05) is 12.6 Å². The topological polar surface area (TPSA) is 66.6 Å². The Morgan fingerprint density at radius 3 is 2.62 bits per heavy atom. The van der Waals surface area contributed by atoms with Gasteiger partial charge in [-0.15, -0.1) is 0 Å². The summed E-state index contributed by atoms with van der Waals surface area (Å²) in [6, 6.07) is 5.83. The number of nitrogens with two attached hydrogens (primary N) is 1. The van der Waals surface area contributed by atoms with Gasteiger partial charge in [-0.05, 0) is 37.3 Å². The second kappa shape index (κ2) is 6.83. The van der Waals surface area contributed by atoms with Crippen LogP contribution in [0.15, 0.2) is 18.2 Å². The highest BCUT2D eigenvalue weighted by Crippen LogP contribution is 2.34. The fourth-order valence-corrected chi connectivity index (χ4v) is 3.10. The third kappa shape index (κ3) is 3.69. The minimum absolute atomic E-state index is 0.208. The zero-order chi connectivity index (χ0) is 15.4. The number of hydrogen-bond acceptors (Lipinski definition) is 3. The highest BCUT2D eigenvalue weighted by Gasteiger charge is 2.25. The Morgan fingerprint density at radius 2 is 2.05 bits per heavy atom. The van der Waals surface area contributed by atoms with Crippen molar-refractivity contribution in [3.63, 3.8) is 0 Å². The van der Waals surface area contributed by atoms with Crippen LogP contribution in [-0.2, 0) is 0 Å². The molecule has 0 saturated heterocycles. The molecular weight excluding hydrogens is 264 g/mol. The van der Waals surface area contributed by atoms with E-state index in [1.165, 1.54) is 25.7 Å². The quantitative estimate of drug-likeness (QED) is 0.783. The number of carboxylic acids is 1. The molecule has 1 fully saturated rings. The van der Waals surface area contributed by atoms with E-state index in [2.05, 4.69) is 18.7 Å². The van der Waals surface area contributed by atoms with Crippen LogP contribution in [0, 0.1) is 5.92 Å². The monoisotopic (exact) mass is 290 g/mol. The molecule has 0 aliphatic heterocycles. The van der Waals surface area contributed by atoms with Crippen LogP contribution in [0.1, 0.15) is 56.3 Å². The van der Waals surface area contributed by atoms with E-state index >= 15 is 0 Å². The van der Waals surface area contributed by atoms with Crippen molar-refractivity contribution in [1.82, 2.24) is 0 Å². The Labute approximate surface area is 126 Å². The Hall–Kier alpha value is -1.71. The summed E-state index contributed by atoms with van der Waals surface area (Å²) in [4.78, 5) is 13.6. The van der Waals surface area contributed by atoms with E-state index in [0.29, 0.717) is 17.6 Å². The van der Waals surface area contributed by atoms with E-state index in [0.717, 1.165) is 18.7 Å². The minimum Gasteiger partial charge on any atom is -0.478 e. The summed E-state index contributed by atoms with van der Waals surface area (Å²) >= 11 is 0. The number of carbonyl (C=O) groups is 1. The van der Waals surface area contributed by atoms with Gasteiger partial charge in [-0.3, -0.25) is 0 Å². The van der Waals surface area contributed by atoms with Gasteiger partial charge in [-0.1, -0.05) is 32.8 Å². The van der Waals surface area contributed by atoms with Crippen LogP contribution in [0.5, 0.6) is 0 Å². The van der Waals surface area contributed by atoms with Crippen molar-refractivity contribution in [2.24, 2.45) is 5.92 Å². The Bertz CT molecular complexity index is 494. The largest absolute Gasteiger partial charge is 0.478 e. The van der Waals surface area contributed by atoms with E-state index in [1.54, 1.807) is 12.1 Å². The number of nitrogens with zero attached hydrogens (tertiary/aromatic N) is 1. The summed E-state index contributed by atoms with van der Waals surface area (Å²) in [5.74, 6) is -0.331. The highest BCUT2D eigenvalue weighted by atomic mass is 16.4. The van der Waals surface area contributed by atoms with Gasteiger partial charge in [-0.2, -0.15) is 0 Å². The lowest BCUT2D eigenvalue weighted by Crippen LogP contribution is -2.35. The highest BCUT2D eigenvalue weighted by molar-refractivity contribution is 5.97. The molecule has 4 heteroatoms. The first-order chi connectivity index (χ1) is 10.0. The molecular formula is C17H26N2O2. The SMILES string of the molecule is CC(C)CCN(c1cccc(C(=O)O)c1N)C1CCCC1. The molecule has 0 heterocycles. The number of aromatic carboxylic acids is 1. The predicted octanol–water partition coefficient (Wildman–Crippen LogP) is 3.76. The van der Waals surface area contributed by atoms with Gasteiger partial charge in [0.1, 0.15) is 0 Å². The first-order valence-corrected chi connectivity index (χ1v) is 7.89. The molecule has 4 nitrogen and oxygen atoms in total. The number of nitrogen functional groups attached to an aromatic ring is 1. The maximum Gasteiger partial charge on any atom is 0.337 e. The molecule has 2 rings (SSSR count). The van der Waals surface area contributed by atoms with Crippen molar-refractivity contribution in [3.05, 3.63) is 23.8 Å². The number of carboxylic acid groups (broad SMARTS) is 1. The molecule has 116 valence electrons. The fourth-order valence-electron chi connectivity index (χ4n) is 3.10. The van der Waals surface area contributed by atoms with Crippen molar-refractivity contribution in [3.8, 4) is 0 Å². The zero-order valence-corrected chi connectivity index (χ0v) is 13.0. The van der Waals surface area contributed by atoms with Crippen LogP contribution in [0.25, 0.3) is 0 Å². The van der Waals surface area contributed by atoms with Crippen LogP contribution in [-0.4, -0.2) is 23.7 Å². The molecule has 0 bridgehead atoms. The van der Waals surface area contributed by atoms with Gasteiger partial charge in [0.15, 0.2) is 0 Å². The average molecular weight is 290 g/mol. The zero-order valence-electron chi connectivity index (χ0n) is 13.0. The molecule has 1 saturated carbocycles. The molecule has 0 radical (unpaired) electrons. The second-order valence-corrected chi connectivity index (χ2v) is 6.36. The number of anilines is 2. The third-order valence-corrected chi connectivity index (χ3v) is 4.34. The Balaban J connectivity index is 2.31. The molecule has 1 aromatic carbocycles. The van der Waals surface area contributed by atoms with Crippen LogP contribution in [0.2, 0.25) is 0 Å². The maximum absolute atomic E-state index is 11.3. The van der Waals surface area contributed by atoms with Gasteiger partial charge >= 0.3 is 5.97 Å².